The number of likely N-dealkylation sites (N-methyl/N-ethyl adjacent to an activating group) is 1. The highest BCUT2D eigenvalue weighted by molar-refractivity contribution is 6.32. The Kier molecular flexibility index (Phi) is 6.04. The van der Waals surface area contributed by atoms with Gasteiger partial charge in [0, 0.05) is 18.7 Å². The third kappa shape index (κ3) is 4.64. The summed E-state index contributed by atoms with van der Waals surface area (Å²) in [4.78, 5) is 27.9. The molecular formula is C13H19ClN4O3. The molecule has 0 bridgehead atoms. The summed E-state index contributed by atoms with van der Waals surface area (Å²) in [5, 5.41) is 13.4. The number of rotatable bonds is 6. The summed E-state index contributed by atoms with van der Waals surface area (Å²) in [6.45, 7) is 4.53. The monoisotopic (exact) mass is 314 g/mol. The fourth-order valence-electron chi connectivity index (χ4n) is 2.00. The first kappa shape index (κ1) is 17.3. The summed E-state index contributed by atoms with van der Waals surface area (Å²) in [7, 11) is 3.86. The van der Waals surface area contributed by atoms with E-state index in [-0.39, 0.29) is 22.4 Å². The molecule has 1 rings (SSSR count). The van der Waals surface area contributed by atoms with E-state index in [1.807, 2.05) is 19.0 Å². The van der Waals surface area contributed by atoms with Crippen LogP contribution in [0.2, 0.25) is 5.15 Å². The predicted octanol–water partition coefficient (Wildman–Crippen LogP) is 1.96. The summed E-state index contributed by atoms with van der Waals surface area (Å²) >= 11 is 5.83. The highest BCUT2D eigenvalue weighted by Gasteiger charge is 2.20. The molecule has 0 spiro atoms. The van der Waals surface area contributed by atoms with Crippen molar-refractivity contribution in [3.05, 3.63) is 33.1 Å². The van der Waals surface area contributed by atoms with Gasteiger partial charge in [0.25, 0.3) is 11.6 Å². The molecule has 21 heavy (non-hydrogen) atoms. The van der Waals surface area contributed by atoms with Gasteiger partial charge in [-0.3, -0.25) is 14.9 Å². The summed E-state index contributed by atoms with van der Waals surface area (Å²) in [6, 6.07) is 1.28. The van der Waals surface area contributed by atoms with Crippen molar-refractivity contribution in [2.75, 3.05) is 20.6 Å². The molecule has 1 heterocycles. The van der Waals surface area contributed by atoms with Gasteiger partial charge >= 0.3 is 0 Å². The minimum absolute atomic E-state index is 0.00660. The third-order valence-corrected chi connectivity index (χ3v) is 3.49. The van der Waals surface area contributed by atoms with Gasteiger partial charge in [0.15, 0.2) is 0 Å². The fourth-order valence-corrected chi connectivity index (χ4v) is 2.19. The number of nitrogens with zero attached hydrogens (tertiary/aromatic N) is 3. The van der Waals surface area contributed by atoms with Gasteiger partial charge in [0.1, 0.15) is 11.3 Å². The number of halogens is 1. The zero-order valence-electron chi connectivity index (χ0n) is 12.5. The van der Waals surface area contributed by atoms with Crippen molar-refractivity contribution in [1.82, 2.24) is 15.2 Å². The van der Waals surface area contributed by atoms with Crippen LogP contribution in [-0.2, 0) is 0 Å². The lowest BCUT2D eigenvalue weighted by molar-refractivity contribution is -0.385. The van der Waals surface area contributed by atoms with E-state index in [1.54, 1.807) is 0 Å². The van der Waals surface area contributed by atoms with Gasteiger partial charge in [0.05, 0.1) is 10.5 Å². The second-order valence-electron chi connectivity index (χ2n) is 5.27. The minimum Gasteiger partial charge on any atom is -0.350 e. The maximum Gasteiger partial charge on any atom is 0.288 e. The molecule has 7 nitrogen and oxygen atoms in total. The van der Waals surface area contributed by atoms with Crippen molar-refractivity contribution >= 4 is 23.2 Å². The summed E-state index contributed by atoms with van der Waals surface area (Å²) in [5.74, 6) is -0.122. The largest absolute Gasteiger partial charge is 0.350 e. The zero-order chi connectivity index (χ0) is 16.2. The van der Waals surface area contributed by atoms with Crippen LogP contribution in [0.1, 0.15) is 24.2 Å². The van der Waals surface area contributed by atoms with E-state index < -0.39 is 10.8 Å². The van der Waals surface area contributed by atoms with Crippen LogP contribution in [0.25, 0.3) is 0 Å². The number of aromatic nitrogens is 1. The molecule has 0 aromatic carbocycles. The van der Waals surface area contributed by atoms with E-state index >= 15 is 0 Å². The molecule has 116 valence electrons. The van der Waals surface area contributed by atoms with E-state index in [0.717, 1.165) is 12.3 Å². The van der Waals surface area contributed by atoms with Crippen molar-refractivity contribution in [2.24, 2.45) is 5.92 Å². The molecule has 1 N–H and O–H groups in total. The van der Waals surface area contributed by atoms with Gasteiger partial charge < -0.3 is 10.2 Å². The van der Waals surface area contributed by atoms with Crippen LogP contribution in [0.15, 0.2) is 12.3 Å². The Morgan fingerprint density at radius 1 is 1.52 bits per heavy atom. The average Bonchev–Trinajstić information content (AvgIpc) is 2.37. The molecule has 0 saturated carbocycles. The van der Waals surface area contributed by atoms with Crippen molar-refractivity contribution in [1.29, 1.82) is 0 Å². The smallest absolute Gasteiger partial charge is 0.288 e. The number of pyridine rings is 1. The Balaban J connectivity index is 2.84. The van der Waals surface area contributed by atoms with E-state index in [1.165, 1.54) is 0 Å². The average molecular weight is 315 g/mol. The van der Waals surface area contributed by atoms with Gasteiger partial charge in [-0.1, -0.05) is 25.4 Å². The quantitative estimate of drug-likeness (QED) is 0.492. The lowest BCUT2D eigenvalue weighted by atomic mass is 10.0. The molecule has 0 saturated heterocycles. The Labute approximate surface area is 128 Å². The van der Waals surface area contributed by atoms with Gasteiger partial charge in [-0.05, 0) is 20.0 Å². The molecule has 0 aliphatic carbocycles. The Bertz CT molecular complexity index is 526. The van der Waals surface area contributed by atoms with Gasteiger partial charge in [-0.25, -0.2) is 4.98 Å². The van der Waals surface area contributed by atoms with Crippen LogP contribution < -0.4 is 5.32 Å². The third-order valence-electron chi connectivity index (χ3n) is 3.18. The number of nitro groups is 1. The molecule has 1 unspecified atom stereocenters. The molecule has 0 fully saturated rings. The molecule has 0 aliphatic rings. The van der Waals surface area contributed by atoms with E-state index in [0.29, 0.717) is 12.5 Å². The molecule has 1 aromatic rings. The molecule has 1 aromatic heterocycles. The highest BCUT2D eigenvalue weighted by atomic mass is 35.5. The Morgan fingerprint density at radius 3 is 2.62 bits per heavy atom. The van der Waals surface area contributed by atoms with Crippen molar-refractivity contribution in [2.45, 2.75) is 19.9 Å². The maximum atomic E-state index is 12.1. The first-order valence-electron chi connectivity index (χ1n) is 6.48. The Hall–Kier alpha value is -1.73. The second-order valence-corrected chi connectivity index (χ2v) is 5.63. The van der Waals surface area contributed by atoms with Crippen molar-refractivity contribution in [3.63, 3.8) is 0 Å². The summed E-state index contributed by atoms with van der Waals surface area (Å²) in [5.41, 5.74) is -0.260. The summed E-state index contributed by atoms with van der Waals surface area (Å²) < 4.78 is 0. The number of hydrogen-bond acceptors (Lipinski definition) is 5. The van der Waals surface area contributed by atoms with Gasteiger partial charge in [0.2, 0.25) is 0 Å². The van der Waals surface area contributed by atoms with E-state index in [9.17, 15) is 14.9 Å². The fraction of sp³-hybridized carbons (Fsp3) is 0.538. The van der Waals surface area contributed by atoms with Gasteiger partial charge in [-0.15, -0.1) is 0 Å². The van der Waals surface area contributed by atoms with E-state index in [2.05, 4.69) is 24.1 Å². The van der Waals surface area contributed by atoms with Crippen LogP contribution in [0.3, 0.4) is 0 Å². The molecule has 1 atom stereocenters. The molecule has 8 heteroatoms. The lowest BCUT2D eigenvalue weighted by Crippen LogP contribution is -2.43. The first-order valence-corrected chi connectivity index (χ1v) is 6.86. The number of hydrogen-bond donors (Lipinski definition) is 1. The SMILES string of the molecule is CC(C)C(CNC(=O)c1cc([N+](=O)[O-])cnc1Cl)N(C)C. The van der Waals surface area contributed by atoms with Crippen LogP contribution in [0.4, 0.5) is 5.69 Å². The zero-order valence-corrected chi connectivity index (χ0v) is 13.2. The number of nitrogens with one attached hydrogen (secondary N) is 1. The molecule has 1 amide bonds. The topological polar surface area (TPSA) is 88.4 Å². The van der Waals surface area contributed by atoms with Crippen LogP contribution in [-0.4, -0.2) is 47.4 Å². The van der Waals surface area contributed by atoms with Crippen LogP contribution in [0.5, 0.6) is 0 Å². The molecule has 0 radical (unpaired) electrons. The van der Waals surface area contributed by atoms with E-state index in [4.69, 9.17) is 11.6 Å². The lowest BCUT2D eigenvalue weighted by Gasteiger charge is -2.28. The number of amides is 1. The van der Waals surface area contributed by atoms with Crippen molar-refractivity contribution in [3.8, 4) is 0 Å². The standard InChI is InChI=1S/C13H19ClN4O3/c1-8(2)11(17(3)4)7-16-13(19)10-5-9(18(20)21)6-15-12(10)14/h5-6,8,11H,7H2,1-4H3,(H,16,19). The molecule has 0 aliphatic heterocycles. The second kappa shape index (κ2) is 7.33. The predicted molar refractivity (Wildman–Crippen MR) is 80.5 cm³/mol. The molecular weight excluding hydrogens is 296 g/mol. The normalized spacial score (nSPS) is 12.5. The number of carbonyl (C=O) groups is 1. The minimum atomic E-state index is -0.614. The first-order chi connectivity index (χ1) is 9.73. The highest BCUT2D eigenvalue weighted by Crippen LogP contribution is 2.19. The van der Waals surface area contributed by atoms with Crippen LogP contribution >= 0.6 is 11.6 Å². The van der Waals surface area contributed by atoms with Crippen molar-refractivity contribution < 1.29 is 9.72 Å². The van der Waals surface area contributed by atoms with Crippen LogP contribution in [0, 0.1) is 16.0 Å². The van der Waals surface area contributed by atoms with Gasteiger partial charge in [-0.2, -0.15) is 0 Å². The maximum absolute atomic E-state index is 12.1. The summed E-state index contributed by atoms with van der Waals surface area (Å²) in [6.07, 6.45) is 1.02. The Morgan fingerprint density at radius 2 is 2.14 bits per heavy atom. The number of carbonyl (C=O) groups excluding carboxylic acids is 1.